The van der Waals surface area contributed by atoms with Crippen molar-refractivity contribution in [2.24, 2.45) is 16.5 Å². The fourth-order valence-electron chi connectivity index (χ4n) is 4.45. The molecule has 2 atom stereocenters. The molecule has 0 aromatic carbocycles. The van der Waals surface area contributed by atoms with Crippen LogP contribution in [0.5, 0.6) is 0 Å². The zero-order chi connectivity index (χ0) is 29.0. The summed E-state index contributed by atoms with van der Waals surface area (Å²) in [6.07, 6.45) is 2.56. The first-order valence-electron chi connectivity index (χ1n) is 12.7. The lowest BCUT2D eigenvalue weighted by Crippen LogP contribution is -2.71. The zero-order valence-corrected chi connectivity index (χ0v) is 25.2. The smallest absolute Gasteiger partial charge is 0.314 e. The Balaban J connectivity index is 1.50. The minimum atomic E-state index is -0.823. The van der Waals surface area contributed by atoms with E-state index in [1.54, 1.807) is 31.1 Å². The Morgan fingerprint density at radius 1 is 1.30 bits per heavy atom. The van der Waals surface area contributed by atoms with E-state index in [4.69, 9.17) is 37.0 Å². The summed E-state index contributed by atoms with van der Waals surface area (Å²) < 4.78 is 16.4. The predicted octanol–water partition coefficient (Wildman–Crippen LogP) is 2.44. The van der Waals surface area contributed by atoms with Crippen molar-refractivity contribution < 1.29 is 33.4 Å². The number of rotatable bonds is 9. The molecule has 1 aromatic rings. The maximum absolute atomic E-state index is 13.5. The molecule has 12 nitrogen and oxygen atoms in total. The molecule has 40 heavy (non-hydrogen) atoms. The average Bonchev–Trinajstić information content (AvgIpc) is 3.35. The van der Waals surface area contributed by atoms with Gasteiger partial charge in [-0.1, -0.05) is 5.16 Å². The maximum Gasteiger partial charge on any atom is 0.314 e. The second kappa shape index (κ2) is 12.8. The van der Waals surface area contributed by atoms with Gasteiger partial charge in [-0.15, -0.1) is 23.1 Å². The van der Waals surface area contributed by atoms with Gasteiger partial charge in [-0.25, -0.2) is 4.98 Å². The lowest BCUT2D eigenvalue weighted by Gasteiger charge is -2.50. The third-order valence-corrected chi connectivity index (χ3v) is 8.88. The predicted molar refractivity (Wildman–Crippen MR) is 154 cm³/mol. The van der Waals surface area contributed by atoms with Crippen molar-refractivity contribution in [2.45, 2.75) is 51.4 Å². The Morgan fingerprint density at radius 3 is 2.65 bits per heavy atom. The first kappa shape index (κ1) is 30.2. The summed E-state index contributed by atoms with van der Waals surface area (Å²) in [7, 11) is 1.31. The second-order valence-electron chi connectivity index (χ2n) is 10.5. The third-order valence-electron chi connectivity index (χ3n) is 6.56. The lowest BCUT2D eigenvalue weighted by atomic mass is 9.91. The molecule has 2 saturated heterocycles. The van der Waals surface area contributed by atoms with Crippen LogP contribution < -0.4 is 11.1 Å². The summed E-state index contributed by atoms with van der Waals surface area (Å²) in [5, 5.41) is 8.08. The number of ether oxygens (including phenoxy) is 3. The Labute approximate surface area is 246 Å². The molecule has 4 rings (SSSR count). The molecule has 1 aromatic heterocycles. The molecule has 3 N–H and O–H groups in total. The van der Waals surface area contributed by atoms with Crippen LogP contribution in [-0.4, -0.2) is 82.7 Å². The van der Waals surface area contributed by atoms with Crippen molar-refractivity contribution in [2.75, 3.05) is 38.6 Å². The monoisotopic (exact) mass is 611 g/mol. The molecule has 218 valence electrons. The number of nitrogens with two attached hydrogens (primary N) is 1. The number of thiazole rings is 1. The van der Waals surface area contributed by atoms with Crippen molar-refractivity contribution in [3.05, 3.63) is 22.3 Å². The lowest BCUT2D eigenvalue weighted by molar-refractivity contribution is -0.160. The number of hydrogen-bond donors (Lipinski definition) is 2. The van der Waals surface area contributed by atoms with Crippen LogP contribution in [0.25, 0.3) is 0 Å². The number of β-lactam (4-membered cyclic amide) rings is 1. The van der Waals surface area contributed by atoms with Crippen LogP contribution in [0.4, 0.5) is 5.13 Å². The molecule has 2 fully saturated rings. The number of aromatic nitrogens is 1. The number of esters is 1. The third kappa shape index (κ3) is 6.75. The van der Waals surface area contributed by atoms with Crippen molar-refractivity contribution in [1.82, 2.24) is 15.2 Å². The summed E-state index contributed by atoms with van der Waals surface area (Å²) in [6.45, 7) is 6.24. The van der Waals surface area contributed by atoms with Crippen LogP contribution in [0.15, 0.2) is 21.8 Å². The number of fused-ring (bicyclic) bond motifs is 1. The van der Waals surface area contributed by atoms with Crippen molar-refractivity contribution in [1.29, 1.82) is 0 Å². The first-order chi connectivity index (χ1) is 19.0. The molecule has 4 heterocycles. The molecule has 0 bridgehead atoms. The van der Waals surface area contributed by atoms with E-state index in [0.717, 1.165) is 36.2 Å². The molecule has 3 aliphatic rings. The highest BCUT2D eigenvalue weighted by Crippen LogP contribution is 2.43. The van der Waals surface area contributed by atoms with E-state index >= 15 is 0 Å². The van der Waals surface area contributed by atoms with E-state index in [0.29, 0.717) is 30.6 Å². The molecule has 0 spiro atoms. The van der Waals surface area contributed by atoms with Crippen LogP contribution in [0.2, 0.25) is 0 Å². The standard InChI is InChI=1S/C25H33N5O7S3/c1-25(2,3)23(33)37-12-36-22(38)18-14(9-13-5-7-35-8-6-13)10-39-21-17(20(32)30(18)21)28-19(31)16(29-34-4)15-11-40-24(26)27-15/h11,13,17,21H,5-10,12H2,1-4H3,(H2,26,27)(H,28,31)/b29-16-/t17?,21-/m1/s1. The molecule has 2 amide bonds. The normalized spacial score (nSPS) is 21.9. The van der Waals surface area contributed by atoms with Crippen molar-refractivity contribution >= 4 is 69.0 Å². The average molecular weight is 612 g/mol. The van der Waals surface area contributed by atoms with Gasteiger partial charge in [0.1, 0.15) is 24.2 Å². The molecule has 0 aliphatic carbocycles. The van der Waals surface area contributed by atoms with E-state index in [9.17, 15) is 14.4 Å². The molecule has 0 saturated carbocycles. The van der Waals surface area contributed by atoms with Crippen LogP contribution in [0.1, 0.15) is 45.7 Å². The van der Waals surface area contributed by atoms with Crippen LogP contribution in [-0.2, 0) is 33.4 Å². The largest absolute Gasteiger partial charge is 0.445 e. The number of hydrogen-bond acceptors (Lipinski definition) is 13. The van der Waals surface area contributed by atoms with Gasteiger partial charge in [-0.05, 0) is 63.7 Å². The summed E-state index contributed by atoms with van der Waals surface area (Å²) >= 11 is 8.30. The van der Waals surface area contributed by atoms with Gasteiger partial charge < -0.3 is 30.1 Å². The number of nitrogen functional groups attached to an aromatic ring is 1. The molecular formula is C25H33N5O7S3. The number of thiocarbonyl (C=S) groups is 1. The molecule has 0 radical (unpaired) electrons. The van der Waals surface area contributed by atoms with Crippen LogP contribution in [0.3, 0.4) is 0 Å². The first-order valence-corrected chi connectivity index (χ1v) is 15.1. The number of oxime groups is 1. The van der Waals surface area contributed by atoms with E-state index in [1.807, 2.05) is 0 Å². The fraction of sp³-hybridized carbons (Fsp3) is 0.600. The minimum absolute atomic E-state index is 0.0757. The van der Waals surface area contributed by atoms with Crippen molar-refractivity contribution in [3.63, 3.8) is 0 Å². The summed E-state index contributed by atoms with van der Waals surface area (Å²) in [5.74, 6) is -0.389. The topological polar surface area (TPSA) is 155 Å². The number of nitrogens with one attached hydrogen (secondary N) is 1. The molecule has 15 heteroatoms. The van der Waals surface area contributed by atoms with Gasteiger partial charge >= 0.3 is 5.97 Å². The van der Waals surface area contributed by atoms with Gasteiger partial charge in [0.25, 0.3) is 11.8 Å². The van der Waals surface area contributed by atoms with Gasteiger partial charge in [0.15, 0.2) is 10.8 Å². The Bertz CT molecular complexity index is 1220. The van der Waals surface area contributed by atoms with Gasteiger partial charge in [0.05, 0.1) is 11.1 Å². The van der Waals surface area contributed by atoms with Gasteiger partial charge in [0, 0.05) is 24.3 Å². The summed E-state index contributed by atoms with van der Waals surface area (Å²) in [4.78, 5) is 49.2. The molecular weight excluding hydrogens is 579 g/mol. The number of thioether (sulfide) groups is 1. The minimum Gasteiger partial charge on any atom is -0.445 e. The SMILES string of the molecule is CO/N=C(\C(=O)NC1C(=O)N2C(C(=S)OCOC(=O)C(C)(C)C)=C(CC3CCOCC3)CS[C@H]12)c1csc(N)n1. The second-order valence-corrected chi connectivity index (χ2v) is 12.9. The number of amides is 2. The highest BCUT2D eigenvalue weighted by atomic mass is 32.2. The van der Waals surface area contributed by atoms with Gasteiger partial charge in [-0.2, -0.15) is 0 Å². The van der Waals surface area contributed by atoms with E-state index in [-0.39, 0.29) is 34.3 Å². The van der Waals surface area contributed by atoms with E-state index < -0.39 is 28.7 Å². The summed E-state index contributed by atoms with van der Waals surface area (Å²) in [5.41, 5.74) is 6.67. The van der Waals surface area contributed by atoms with Gasteiger partial charge in [0.2, 0.25) is 11.8 Å². The van der Waals surface area contributed by atoms with Crippen LogP contribution >= 0.6 is 35.3 Å². The Kier molecular flexibility index (Phi) is 9.69. The summed E-state index contributed by atoms with van der Waals surface area (Å²) in [6, 6.07) is -0.823. The fourth-order valence-corrected chi connectivity index (χ4v) is 6.65. The van der Waals surface area contributed by atoms with Gasteiger partial charge in [-0.3, -0.25) is 19.3 Å². The quantitative estimate of drug-likeness (QED) is 0.106. The number of carbonyl (C=O) groups excluding carboxylic acids is 3. The zero-order valence-electron chi connectivity index (χ0n) is 22.8. The van der Waals surface area contributed by atoms with E-state index in [1.165, 1.54) is 18.9 Å². The van der Waals surface area contributed by atoms with Crippen molar-refractivity contribution in [3.8, 4) is 0 Å². The Morgan fingerprint density at radius 2 is 2.02 bits per heavy atom. The van der Waals surface area contributed by atoms with E-state index in [2.05, 4.69) is 15.5 Å². The number of carbonyl (C=O) groups is 3. The highest BCUT2D eigenvalue weighted by molar-refractivity contribution is 8.00. The highest BCUT2D eigenvalue weighted by Gasteiger charge is 2.54. The molecule has 3 aliphatic heterocycles. The van der Waals surface area contributed by atoms with Crippen LogP contribution in [0, 0.1) is 11.3 Å². The molecule has 1 unspecified atom stereocenters. The maximum atomic E-state index is 13.5. The Hall–Kier alpha value is -2.75. The number of nitrogens with zero attached hydrogens (tertiary/aromatic N) is 3. The number of anilines is 1.